The van der Waals surface area contributed by atoms with Crippen molar-refractivity contribution in [1.82, 2.24) is 9.88 Å². The largest absolute Gasteiger partial charge is 0.443 e. The van der Waals surface area contributed by atoms with Crippen molar-refractivity contribution in [2.75, 3.05) is 11.4 Å². The zero-order valence-corrected chi connectivity index (χ0v) is 18.3. The number of aromatic nitrogens is 1. The van der Waals surface area contributed by atoms with Gasteiger partial charge in [0, 0.05) is 29.9 Å². The number of amides is 1. The predicted octanol–water partition coefficient (Wildman–Crippen LogP) is 5.70. The Morgan fingerprint density at radius 1 is 1.18 bits per heavy atom. The zero-order chi connectivity index (χ0) is 20.3. The quantitative estimate of drug-likeness (QED) is 0.665. The second-order valence-electron chi connectivity index (χ2n) is 9.55. The molecule has 156 valence electrons. The van der Waals surface area contributed by atoms with Gasteiger partial charge >= 0.3 is 6.09 Å². The lowest BCUT2D eigenvalue weighted by atomic mass is 9.93. The standard InChI is InChI=1S/C23H37N3O2/c1-17(2)25-16-10-14-20(25)19-13-9-15-24-21(19)26(18-11-7-6-8-12-18)22(27)28-23(3,4)5/h9,13,15,17-18,20H,6-8,10-12,14,16H2,1-5H3/t20-/m1/s1. The lowest BCUT2D eigenvalue weighted by molar-refractivity contribution is 0.0555. The van der Waals surface area contributed by atoms with Crippen LogP contribution >= 0.6 is 0 Å². The molecule has 1 aromatic heterocycles. The Hall–Kier alpha value is -1.62. The van der Waals surface area contributed by atoms with E-state index in [4.69, 9.17) is 9.72 Å². The van der Waals surface area contributed by atoms with Gasteiger partial charge in [0.15, 0.2) is 0 Å². The van der Waals surface area contributed by atoms with Crippen LogP contribution in [-0.2, 0) is 4.74 Å². The predicted molar refractivity (Wildman–Crippen MR) is 114 cm³/mol. The summed E-state index contributed by atoms with van der Waals surface area (Å²) in [6.45, 7) is 11.4. The first-order valence-electron chi connectivity index (χ1n) is 11.0. The smallest absolute Gasteiger partial charge is 0.416 e. The average Bonchev–Trinajstić information content (AvgIpc) is 3.12. The van der Waals surface area contributed by atoms with E-state index in [1.807, 2.05) is 37.9 Å². The summed E-state index contributed by atoms with van der Waals surface area (Å²) in [7, 11) is 0. The normalized spacial score (nSPS) is 21.9. The molecule has 5 nitrogen and oxygen atoms in total. The highest BCUT2D eigenvalue weighted by atomic mass is 16.6. The molecule has 0 radical (unpaired) electrons. The fraction of sp³-hybridized carbons (Fsp3) is 0.739. The molecule has 0 bridgehead atoms. The van der Waals surface area contributed by atoms with Crippen LogP contribution in [-0.4, -0.2) is 40.2 Å². The first kappa shape index (κ1) is 21.1. The van der Waals surface area contributed by atoms with Crippen LogP contribution in [0.1, 0.15) is 91.2 Å². The Morgan fingerprint density at radius 3 is 2.54 bits per heavy atom. The fourth-order valence-electron chi connectivity index (χ4n) is 4.67. The van der Waals surface area contributed by atoms with Gasteiger partial charge in [-0.25, -0.2) is 9.78 Å². The summed E-state index contributed by atoms with van der Waals surface area (Å²) in [6, 6.07) is 5.13. The van der Waals surface area contributed by atoms with E-state index in [2.05, 4.69) is 24.8 Å². The third-order valence-corrected chi connectivity index (χ3v) is 5.89. The molecule has 3 rings (SSSR count). The number of hydrogen-bond acceptors (Lipinski definition) is 4. The van der Waals surface area contributed by atoms with E-state index in [9.17, 15) is 4.79 Å². The molecule has 0 spiro atoms. The molecule has 1 aliphatic carbocycles. The second kappa shape index (κ2) is 8.81. The van der Waals surface area contributed by atoms with Crippen LogP contribution in [0.25, 0.3) is 0 Å². The van der Waals surface area contributed by atoms with Gasteiger partial charge in [-0.15, -0.1) is 0 Å². The van der Waals surface area contributed by atoms with Crippen LogP contribution in [0.15, 0.2) is 18.3 Å². The van der Waals surface area contributed by atoms with Gasteiger partial charge in [0.2, 0.25) is 0 Å². The molecular weight excluding hydrogens is 350 g/mol. The molecule has 0 N–H and O–H groups in total. The number of carbonyl (C=O) groups excluding carboxylic acids is 1. The SMILES string of the molecule is CC(C)N1CCC[C@@H]1c1cccnc1N(C(=O)OC(C)(C)C)C1CCCCC1. The van der Waals surface area contributed by atoms with Crippen LogP contribution in [0.5, 0.6) is 0 Å². The molecule has 1 aromatic rings. The maximum absolute atomic E-state index is 13.3. The highest BCUT2D eigenvalue weighted by Gasteiger charge is 2.36. The van der Waals surface area contributed by atoms with Crippen LogP contribution in [0.3, 0.4) is 0 Å². The molecular formula is C23H37N3O2. The maximum atomic E-state index is 13.3. The molecule has 1 amide bonds. The van der Waals surface area contributed by atoms with E-state index in [1.165, 1.54) is 18.4 Å². The molecule has 2 fully saturated rings. The summed E-state index contributed by atoms with van der Waals surface area (Å²) in [5.74, 6) is 0.807. The molecule has 1 aliphatic heterocycles. The van der Waals surface area contributed by atoms with Gasteiger partial charge in [-0.1, -0.05) is 25.3 Å². The van der Waals surface area contributed by atoms with E-state index in [0.717, 1.165) is 44.5 Å². The number of carbonyl (C=O) groups is 1. The fourth-order valence-corrected chi connectivity index (χ4v) is 4.67. The van der Waals surface area contributed by atoms with Crippen molar-refractivity contribution in [3.8, 4) is 0 Å². The Kier molecular flexibility index (Phi) is 6.64. The molecule has 28 heavy (non-hydrogen) atoms. The molecule has 1 atom stereocenters. The minimum Gasteiger partial charge on any atom is -0.443 e. The van der Waals surface area contributed by atoms with Gasteiger partial charge in [-0.2, -0.15) is 0 Å². The average molecular weight is 388 g/mol. The van der Waals surface area contributed by atoms with Crippen molar-refractivity contribution in [2.45, 2.75) is 103 Å². The molecule has 2 aliphatic rings. The summed E-state index contributed by atoms with van der Waals surface area (Å²) in [5, 5.41) is 0. The lowest BCUT2D eigenvalue weighted by Gasteiger charge is -2.37. The van der Waals surface area contributed by atoms with Crippen LogP contribution in [0.2, 0.25) is 0 Å². The number of ether oxygens (including phenoxy) is 1. The first-order valence-corrected chi connectivity index (χ1v) is 11.0. The Morgan fingerprint density at radius 2 is 1.89 bits per heavy atom. The summed E-state index contributed by atoms with van der Waals surface area (Å²) >= 11 is 0. The van der Waals surface area contributed by atoms with Gasteiger partial charge in [-0.05, 0) is 72.9 Å². The van der Waals surface area contributed by atoms with E-state index >= 15 is 0 Å². The molecule has 5 heteroatoms. The highest BCUT2D eigenvalue weighted by Crippen LogP contribution is 2.39. The molecule has 0 unspecified atom stereocenters. The monoisotopic (exact) mass is 387 g/mol. The number of likely N-dealkylation sites (tertiary alicyclic amines) is 1. The van der Waals surface area contributed by atoms with Gasteiger partial charge in [0.1, 0.15) is 11.4 Å². The Labute approximate surface area is 170 Å². The number of nitrogens with zero attached hydrogens (tertiary/aromatic N) is 3. The number of anilines is 1. The van der Waals surface area contributed by atoms with Gasteiger partial charge < -0.3 is 4.74 Å². The summed E-state index contributed by atoms with van der Waals surface area (Å²) in [6.07, 6.45) is 9.47. The number of pyridine rings is 1. The third-order valence-electron chi connectivity index (χ3n) is 5.89. The van der Waals surface area contributed by atoms with Gasteiger partial charge in [0.05, 0.1) is 0 Å². The lowest BCUT2D eigenvalue weighted by Crippen LogP contribution is -2.46. The van der Waals surface area contributed by atoms with E-state index in [-0.39, 0.29) is 12.1 Å². The van der Waals surface area contributed by atoms with Crippen molar-refractivity contribution in [3.63, 3.8) is 0 Å². The molecule has 1 saturated carbocycles. The highest BCUT2D eigenvalue weighted by molar-refractivity contribution is 5.88. The van der Waals surface area contributed by atoms with Crippen molar-refractivity contribution < 1.29 is 9.53 Å². The molecule has 1 saturated heterocycles. The third kappa shape index (κ3) is 4.86. The van der Waals surface area contributed by atoms with E-state index < -0.39 is 5.60 Å². The van der Waals surface area contributed by atoms with E-state index in [0.29, 0.717) is 12.1 Å². The van der Waals surface area contributed by atoms with Crippen molar-refractivity contribution in [3.05, 3.63) is 23.9 Å². The zero-order valence-electron chi connectivity index (χ0n) is 18.3. The Balaban J connectivity index is 1.99. The second-order valence-corrected chi connectivity index (χ2v) is 9.55. The molecule has 2 heterocycles. The maximum Gasteiger partial charge on any atom is 0.416 e. The van der Waals surface area contributed by atoms with Crippen molar-refractivity contribution in [2.24, 2.45) is 0 Å². The van der Waals surface area contributed by atoms with Gasteiger partial charge in [0.25, 0.3) is 0 Å². The minimum atomic E-state index is -0.518. The Bertz CT molecular complexity index is 662. The number of rotatable bonds is 4. The van der Waals surface area contributed by atoms with Gasteiger partial charge in [-0.3, -0.25) is 9.80 Å². The van der Waals surface area contributed by atoms with Crippen LogP contribution < -0.4 is 4.90 Å². The summed E-state index contributed by atoms with van der Waals surface area (Å²) < 4.78 is 5.83. The number of hydrogen-bond donors (Lipinski definition) is 0. The summed E-state index contributed by atoms with van der Waals surface area (Å²) in [4.78, 5) is 22.5. The molecule has 0 aromatic carbocycles. The summed E-state index contributed by atoms with van der Waals surface area (Å²) in [5.41, 5.74) is 0.654. The first-order chi connectivity index (χ1) is 13.3. The topological polar surface area (TPSA) is 45.7 Å². The minimum absolute atomic E-state index is 0.172. The van der Waals surface area contributed by atoms with Crippen LogP contribution in [0, 0.1) is 0 Å². The van der Waals surface area contributed by atoms with Crippen molar-refractivity contribution in [1.29, 1.82) is 0 Å². The van der Waals surface area contributed by atoms with Crippen molar-refractivity contribution >= 4 is 11.9 Å². The van der Waals surface area contributed by atoms with Crippen LogP contribution in [0.4, 0.5) is 10.6 Å². The van der Waals surface area contributed by atoms with E-state index in [1.54, 1.807) is 0 Å².